The maximum atomic E-state index is 6.24. The first-order valence-electron chi connectivity index (χ1n) is 15.4. The van der Waals surface area contributed by atoms with E-state index in [9.17, 15) is 0 Å². The molecule has 0 amide bonds. The minimum Gasteiger partial charge on any atom is -0.464 e. The van der Waals surface area contributed by atoms with Crippen molar-refractivity contribution >= 4 is 22.0 Å². The molecule has 0 aliphatic rings. The molecule has 216 valence electrons. The van der Waals surface area contributed by atoms with Crippen molar-refractivity contribution < 1.29 is 4.42 Å². The number of rotatable bonds is 5. The summed E-state index contributed by atoms with van der Waals surface area (Å²) in [5, 5.41) is 1.04. The molecule has 2 aromatic heterocycles. The normalized spacial score (nSPS) is 11.4. The van der Waals surface area contributed by atoms with Gasteiger partial charge in [0.1, 0.15) is 17.7 Å². The zero-order valence-corrected chi connectivity index (χ0v) is 25.6. The highest BCUT2D eigenvalue weighted by molar-refractivity contribution is 5.99. The Morgan fingerprint density at radius 2 is 1.18 bits per heavy atom. The fourth-order valence-electron chi connectivity index (χ4n) is 6.91. The van der Waals surface area contributed by atoms with Crippen molar-refractivity contribution in [3.8, 4) is 50.5 Å². The highest BCUT2D eigenvalue weighted by Crippen LogP contribution is 2.42. The lowest BCUT2D eigenvalue weighted by atomic mass is 9.93. The van der Waals surface area contributed by atoms with E-state index in [1.54, 1.807) is 0 Å². The molecule has 0 saturated heterocycles. The molecule has 6 aromatic carbocycles. The SMILES string of the molecule is Cc1cc(C)c(-c2ccc3occ(-c4nc5ccccc5n4-c4c(-c5ccccc5)cccc4-c4ccccc4)c3c2)c(C)c1. The van der Waals surface area contributed by atoms with Crippen molar-refractivity contribution in [2.24, 2.45) is 0 Å². The molecule has 0 unspecified atom stereocenters. The molecule has 0 bridgehead atoms. The Kier molecular flexibility index (Phi) is 6.46. The predicted octanol–water partition coefficient (Wildman–Crippen LogP) is 11.4. The topological polar surface area (TPSA) is 31.0 Å². The Labute approximate surface area is 263 Å². The van der Waals surface area contributed by atoms with Crippen molar-refractivity contribution in [1.29, 1.82) is 0 Å². The van der Waals surface area contributed by atoms with E-state index in [2.05, 4.69) is 159 Å². The number of furan rings is 1. The van der Waals surface area contributed by atoms with Gasteiger partial charge in [0.05, 0.1) is 22.3 Å². The quantitative estimate of drug-likeness (QED) is 0.203. The van der Waals surface area contributed by atoms with Crippen LogP contribution in [0.15, 0.2) is 144 Å². The number of hydrogen-bond donors (Lipinski definition) is 0. The summed E-state index contributed by atoms with van der Waals surface area (Å²) in [4.78, 5) is 5.30. The van der Waals surface area contributed by atoms with Crippen LogP contribution in [-0.2, 0) is 0 Å². The van der Waals surface area contributed by atoms with Crippen LogP contribution in [-0.4, -0.2) is 9.55 Å². The van der Waals surface area contributed by atoms with Crippen LogP contribution < -0.4 is 0 Å². The first-order valence-corrected chi connectivity index (χ1v) is 15.4. The largest absolute Gasteiger partial charge is 0.464 e. The highest BCUT2D eigenvalue weighted by Gasteiger charge is 2.23. The Bertz CT molecular complexity index is 2260. The number of benzene rings is 6. The average Bonchev–Trinajstić information content (AvgIpc) is 3.66. The van der Waals surface area contributed by atoms with Gasteiger partial charge in [0.2, 0.25) is 0 Å². The molecule has 3 heteroatoms. The van der Waals surface area contributed by atoms with Gasteiger partial charge in [-0.05, 0) is 78.4 Å². The number of para-hydroxylation sites is 3. The number of hydrogen-bond acceptors (Lipinski definition) is 2. The molecule has 0 fully saturated rings. The van der Waals surface area contributed by atoms with E-state index in [1.807, 2.05) is 6.26 Å². The molecule has 0 saturated carbocycles. The van der Waals surface area contributed by atoms with Crippen molar-refractivity contribution in [3.05, 3.63) is 156 Å². The molecule has 2 heterocycles. The van der Waals surface area contributed by atoms with E-state index in [0.29, 0.717) is 0 Å². The van der Waals surface area contributed by atoms with Crippen LogP contribution in [0.3, 0.4) is 0 Å². The van der Waals surface area contributed by atoms with Crippen molar-refractivity contribution in [2.75, 3.05) is 0 Å². The third-order valence-corrected chi connectivity index (χ3v) is 8.77. The Hall–Kier alpha value is -5.67. The van der Waals surface area contributed by atoms with Gasteiger partial charge < -0.3 is 4.42 Å². The summed E-state index contributed by atoms with van der Waals surface area (Å²) < 4.78 is 8.57. The molecule has 3 nitrogen and oxygen atoms in total. The summed E-state index contributed by atoms with van der Waals surface area (Å²) in [5.74, 6) is 0.852. The average molecular weight is 581 g/mol. The second kappa shape index (κ2) is 10.8. The first-order chi connectivity index (χ1) is 22.1. The molecule has 0 N–H and O–H groups in total. The molecule has 45 heavy (non-hydrogen) atoms. The van der Waals surface area contributed by atoms with Gasteiger partial charge >= 0.3 is 0 Å². The molecular weight excluding hydrogens is 548 g/mol. The van der Waals surface area contributed by atoms with Crippen LogP contribution in [0, 0.1) is 20.8 Å². The Morgan fingerprint density at radius 1 is 0.556 bits per heavy atom. The summed E-state index contributed by atoms with van der Waals surface area (Å²) in [6.07, 6.45) is 1.87. The fraction of sp³-hybridized carbons (Fsp3) is 0.0714. The number of aromatic nitrogens is 2. The molecule has 0 aliphatic heterocycles. The number of fused-ring (bicyclic) bond motifs is 2. The first kappa shape index (κ1) is 26.9. The molecule has 0 spiro atoms. The lowest BCUT2D eigenvalue weighted by molar-refractivity contribution is 0.616. The standard InChI is InChI=1S/C42H32N2O/c1-27-23-28(2)40(29(3)24-27)32-21-22-39-35(25-32)36(26-45-39)42-43-37-19-10-11-20-38(37)44(42)41-33(30-13-6-4-7-14-30)17-12-18-34(41)31-15-8-5-9-16-31/h4-26H,1-3H3. The molecule has 0 aliphatic carbocycles. The molecule has 8 rings (SSSR count). The van der Waals surface area contributed by atoms with Crippen LogP contribution in [0.2, 0.25) is 0 Å². The Balaban J connectivity index is 1.45. The zero-order valence-electron chi connectivity index (χ0n) is 25.6. The van der Waals surface area contributed by atoms with Gasteiger partial charge in [0.25, 0.3) is 0 Å². The number of aryl methyl sites for hydroxylation is 3. The monoisotopic (exact) mass is 580 g/mol. The van der Waals surface area contributed by atoms with Gasteiger partial charge in [0, 0.05) is 16.5 Å². The molecule has 8 aromatic rings. The van der Waals surface area contributed by atoms with Gasteiger partial charge in [-0.25, -0.2) is 4.98 Å². The minimum atomic E-state index is 0.842. The number of nitrogens with zero attached hydrogens (tertiary/aromatic N) is 2. The third kappa shape index (κ3) is 4.56. The van der Waals surface area contributed by atoms with E-state index >= 15 is 0 Å². The van der Waals surface area contributed by atoms with E-state index in [-0.39, 0.29) is 0 Å². The van der Waals surface area contributed by atoms with Gasteiger partial charge in [-0.15, -0.1) is 0 Å². The second-order valence-electron chi connectivity index (χ2n) is 11.8. The Morgan fingerprint density at radius 3 is 1.84 bits per heavy atom. The van der Waals surface area contributed by atoms with Gasteiger partial charge in [0.15, 0.2) is 0 Å². The summed E-state index contributed by atoms with van der Waals surface area (Å²) in [5.41, 5.74) is 15.7. The van der Waals surface area contributed by atoms with Gasteiger partial charge in [-0.1, -0.05) is 115 Å². The van der Waals surface area contributed by atoms with E-state index in [4.69, 9.17) is 9.40 Å². The van der Waals surface area contributed by atoms with Crippen LogP contribution >= 0.6 is 0 Å². The lowest BCUT2D eigenvalue weighted by Gasteiger charge is -2.19. The predicted molar refractivity (Wildman–Crippen MR) is 187 cm³/mol. The summed E-state index contributed by atoms with van der Waals surface area (Å²) in [7, 11) is 0. The molecule has 0 atom stereocenters. The highest BCUT2D eigenvalue weighted by atomic mass is 16.3. The second-order valence-corrected chi connectivity index (χ2v) is 11.8. The summed E-state index contributed by atoms with van der Waals surface area (Å²) in [6.45, 7) is 6.55. The van der Waals surface area contributed by atoms with Gasteiger partial charge in [-0.2, -0.15) is 0 Å². The summed E-state index contributed by atoms with van der Waals surface area (Å²) >= 11 is 0. The smallest absolute Gasteiger partial charge is 0.149 e. The van der Waals surface area contributed by atoms with Crippen molar-refractivity contribution in [2.45, 2.75) is 20.8 Å². The van der Waals surface area contributed by atoms with E-state index in [1.165, 1.54) is 27.8 Å². The minimum absolute atomic E-state index is 0.842. The van der Waals surface area contributed by atoms with Crippen molar-refractivity contribution in [3.63, 3.8) is 0 Å². The molecular formula is C42H32N2O. The van der Waals surface area contributed by atoms with Crippen LogP contribution in [0.25, 0.3) is 72.5 Å². The van der Waals surface area contributed by atoms with Crippen LogP contribution in [0.5, 0.6) is 0 Å². The van der Waals surface area contributed by atoms with E-state index < -0.39 is 0 Å². The lowest BCUT2D eigenvalue weighted by Crippen LogP contribution is -2.03. The van der Waals surface area contributed by atoms with E-state index in [0.717, 1.165) is 61.3 Å². The number of imidazole rings is 1. The van der Waals surface area contributed by atoms with Crippen LogP contribution in [0.1, 0.15) is 16.7 Å². The third-order valence-electron chi connectivity index (χ3n) is 8.77. The summed E-state index contributed by atoms with van der Waals surface area (Å²) in [6, 6.07) is 47.3. The van der Waals surface area contributed by atoms with Crippen molar-refractivity contribution in [1.82, 2.24) is 9.55 Å². The zero-order chi connectivity index (χ0) is 30.5. The maximum Gasteiger partial charge on any atom is 0.149 e. The maximum absolute atomic E-state index is 6.24. The van der Waals surface area contributed by atoms with Gasteiger partial charge in [-0.3, -0.25) is 4.57 Å². The molecule has 0 radical (unpaired) electrons. The van der Waals surface area contributed by atoms with Crippen LogP contribution in [0.4, 0.5) is 0 Å². The fourth-order valence-corrected chi connectivity index (χ4v) is 6.91.